The Morgan fingerprint density at radius 3 is 2.70 bits per heavy atom. The Morgan fingerprint density at radius 2 is 2.10 bits per heavy atom. The molecule has 110 valence electrons. The van der Waals surface area contributed by atoms with Gasteiger partial charge in [-0.1, -0.05) is 6.92 Å². The summed E-state index contributed by atoms with van der Waals surface area (Å²) in [5.41, 5.74) is 6.16. The summed E-state index contributed by atoms with van der Waals surface area (Å²) < 4.78 is 0. The molecule has 1 aliphatic carbocycles. The normalized spacial score (nSPS) is 22.5. The third kappa shape index (κ3) is 3.48. The van der Waals surface area contributed by atoms with E-state index in [1.165, 1.54) is 12.3 Å². The second-order valence-corrected chi connectivity index (χ2v) is 5.51. The number of carbonyl (C=O) groups is 1. The zero-order chi connectivity index (χ0) is 14.5. The Kier molecular flexibility index (Phi) is 4.95. The number of aromatic amines is 1. The van der Waals surface area contributed by atoms with E-state index in [1.807, 2.05) is 4.90 Å². The van der Waals surface area contributed by atoms with Gasteiger partial charge in [0, 0.05) is 36.5 Å². The van der Waals surface area contributed by atoms with Crippen LogP contribution in [0.25, 0.3) is 0 Å². The Balaban J connectivity index is 2.15. The Morgan fingerprint density at radius 1 is 1.40 bits per heavy atom. The average Bonchev–Trinajstić information content (AvgIpc) is 2.45. The first-order chi connectivity index (χ1) is 9.61. The maximum absolute atomic E-state index is 12.6. The Hall–Kier alpha value is -1.62. The molecule has 0 spiro atoms. The van der Waals surface area contributed by atoms with Crippen LogP contribution in [-0.2, 0) is 0 Å². The summed E-state index contributed by atoms with van der Waals surface area (Å²) in [7, 11) is 0. The van der Waals surface area contributed by atoms with E-state index in [0.29, 0.717) is 5.56 Å². The molecule has 1 fully saturated rings. The third-order valence-electron chi connectivity index (χ3n) is 3.93. The minimum atomic E-state index is -0.238. The van der Waals surface area contributed by atoms with Gasteiger partial charge in [-0.3, -0.25) is 9.59 Å². The summed E-state index contributed by atoms with van der Waals surface area (Å²) in [6.45, 7) is 2.79. The first kappa shape index (κ1) is 14.8. The van der Waals surface area contributed by atoms with Gasteiger partial charge in [-0.05, 0) is 38.2 Å². The fraction of sp³-hybridized carbons (Fsp3) is 0.600. The first-order valence-electron chi connectivity index (χ1n) is 7.37. The van der Waals surface area contributed by atoms with Crippen LogP contribution in [-0.4, -0.2) is 34.4 Å². The Labute approximate surface area is 119 Å². The van der Waals surface area contributed by atoms with Crippen LogP contribution in [0.4, 0.5) is 0 Å². The van der Waals surface area contributed by atoms with Crippen LogP contribution in [0.1, 0.15) is 49.4 Å². The monoisotopic (exact) mass is 277 g/mol. The lowest BCUT2D eigenvalue weighted by molar-refractivity contribution is 0.0626. The van der Waals surface area contributed by atoms with E-state index in [1.54, 1.807) is 6.07 Å². The number of amides is 1. The molecule has 1 aliphatic rings. The highest BCUT2D eigenvalue weighted by Gasteiger charge is 2.27. The molecular formula is C15H23N3O2. The van der Waals surface area contributed by atoms with Crippen molar-refractivity contribution in [3.8, 4) is 0 Å². The second-order valence-electron chi connectivity index (χ2n) is 5.51. The molecule has 5 nitrogen and oxygen atoms in total. The fourth-order valence-corrected chi connectivity index (χ4v) is 2.85. The highest BCUT2D eigenvalue weighted by molar-refractivity contribution is 5.94. The highest BCUT2D eigenvalue weighted by Crippen LogP contribution is 2.23. The number of nitrogens with one attached hydrogen (secondary N) is 1. The standard InChI is InChI=1S/C15H23N3O2/c1-2-9-18(13-5-3-12(16)4-6-13)15(20)11-7-8-17-14(19)10-11/h7-8,10,12-13H,2-6,9,16H2,1H3,(H,17,19). The SMILES string of the molecule is CCCN(C(=O)c1cc[nH]c(=O)c1)C1CCC(N)CC1. The quantitative estimate of drug-likeness (QED) is 0.875. The number of aromatic nitrogens is 1. The molecular weight excluding hydrogens is 254 g/mol. The molecule has 1 amide bonds. The van der Waals surface area contributed by atoms with Crippen molar-refractivity contribution < 1.29 is 4.79 Å². The van der Waals surface area contributed by atoms with Crippen LogP contribution in [0.5, 0.6) is 0 Å². The lowest BCUT2D eigenvalue weighted by atomic mass is 9.90. The number of hydrogen-bond acceptors (Lipinski definition) is 3. The topological polar surface area (TPSA) is 79.2 Å². The lowest BCUT2D eigenvalue weighted by Crippen LogP contribution is -2.44. The zero-order valence-corrected chi connectivity index (χ0v) is 12.0. The molecule has 5 heteroatoms. The smallest absolute Gasteiger partial charge is 0.254 e. The molecule has 0 atom stereocenters. The maximum atomic E-state index is 12.6. The highest BCUT2D eigenvalue weighted by atomic mass is 16.2. The van der Waals surface area contributed by atoms with Gasteiger partial charge >= 0.3 is 0 Å². The predicted octanol–water partition coefficient (Wildman–Crippen LogP) is 1.50. The number of pyridine rings is 1. The molecule has 0 aliphatic heterocycles. The molecule has 0 radical (unpaired) electrons. The van der Waals surface area contributed by atoms with Gasteiger partial charge in [0.25, 0.3) is 5.91 Å². The van der Waals surface area contributed by atoms with E-state index in [9.17, 15) is 9.59 Å². The summed E-state index contributed by atoms with van der Waals surface area (Å²) in [6.07, 6.45) is 6.28. The fourth-order valence-electron chi connectivity index (χ4n) is 2.85. The van der Waals surface area contributed by atoms with Gasteiger partial charge in [0.1, 0.15) is 0 Å². The zero-order valence-electron chi connectivity index (χ0n) is 12.0. The van der Waals surface area contributed by atoms with E-state index in [4.69, 9.17) is 5.73 Å². The van der Waals surface area contributed by atoms with Gasteiger partial charge in [0.05, 0.1) is 0 Å². The van der Waals surface area contributed by atoms with E-state index in [-0.39, 0.29) is 23.6 Å². The van der Waals surface area contributed by atoms with Gasteiger partial charge in [0.2, 0.25) is 5.56 Å². The molecule has 0 aromatic carbocycles. The lowest BCUT2D eigenvalue weighted by Gasteiger charge is -2.36. The van der Waals surface area contributed by atoms with Crippen LogP contribution in [0.2, 0.25) is 0 Å². The number of H-pyrrole nitrogens is 1. The number of nitrogens with zero attached hydrogens (tertiary/aromatic N) is 1. The first-order valence-corrected chi connectivity index (χ1v) is 7.37. The third-order valence-corrected chi connectivity index (χ3v) is 3.93. The van der Waals surface area contributed by atoms with E-state index >= 15 is 0 Å². The number of carbonyl (C=O) groups excluding carboxylic acids is 1. The van der Waals surface area contributed by atoms with E-state index < -0.39 is 0 Å². The summed E-state index contributed by atoms with van der Waals surface area (Å²) in [5.74, 6) is -0.0431. The van der Waals surface area contributed by atoms with Crippen molar-refractivity contribution in [3.05, 3.63) is 34.2 Å². The summed E-state index contributed by atoms with van der Waals surface area (Å²) >= 11 is 0. The van der Waals surface area contributed by atoms with Gasteiger partial charge < -0.3 is 15.6 Å². The summed E-state index contributed by atoms with van der Waals surface area (Å²) in [4.78, 5) is 28.4. The van der Waals surface area contributed by atoms with Gasteiger partial charge in [-0.25, -0.2) is 0 Å². The molecule has 3 N–H and O–H groups in total. The average molecular weight is 277 g/mol. The van der Waals surface area contributed by atoms with Crippen molar-refractivity contribution in [2.75, 3.05) is 6.54 Å². The minimum Gasteiger partial charge on any atom is -0.336 e. The van der Waals surface area contributed by atoms with Crippen molar-refractivity contribution in [1.82, 2.24) is 9.88 Å². The Bertz CT molecular complexity index is 504. The molecule has 2 rings (SSSR count). The second kappa shape index (κ2) is 6.70. The van der Waals surface area contributed by atoms with Crippen LogP contribution in [0.15, 0.2) is 23.1 Å². The maximum Gasteiger partial charge on any atom is 0.254 e. The molecule has 1 aromatic rings. The van der Waals surface area contributed by atoms with Crippen molar-refractivity contribution in [2.24, 2.45) is 5.73 Å². The molecule has 1 heterocycles. The minimum absolute atomic E-state index is 0.0431. The number of hydrogen-bond donors (Lipinski definition) is 2. The number of rotatable bonds is 4. The van der Waals surface area contributed by atoms with Gasteiger partial charge in [-0.2, -0.15) is 0 Å². The van der Waals surface area contributed by atoms with Crippen LogP contribution in [0.3, 0.4) is 0 Å². The van der Waals surface area contributed by atoms with E-state index in [0.717, 1.165) is 38.6 Å². The molecule has 0 unspecified atom stereocenters. The summed E-state index contributed by atoms with van der Waals surface area (Å²) in [5, 5.41) is 0. The predicted molar refractivity (Wildman–Crippen MR) is 78.6 cm³/mol. The van der Waals surface area contributed by atoms with Crippen molar-refractivity contribution in [3.63, 3.8) is 0 Å². The molecule has 1 saturated carbocycles. The summed E-state index contributed by atoms with van der Waals surface area (Å²) in [6, 6.07) is 3.56. The molecule has 0 saturated heterocycles. The van der Waals surface area contributed by atoms with Gasteiger partial charge in [0.15, 0.2) is 0 Å². The van der Waals surface area contributed by atoms with Crippen molar-refractivity contribution in [1.29, 1.82) is 0 Å². The van der Waals surface area contributed by atoms with Crippen molar-refractivity contribution >= 4 is 5.91 Å². The van der Waals surface area contributed by atoms with Crippen LogP contribution in [0, 0.1) is 0 Å². The van der Waals surface area contributed by atoms with Gasteiger partial charge in [-0.15, -0.1) is 0 Å². The van der Waals surface area contributed by atoms with E-state index in [2.05, 4.69) is 11.9 Å². The molecule has 1 aromatic heterocycles. The number of nitrogens with two attached hydrogens (primary N) is 1. The molecule has 20 heavy (non-hydrogen) atoms. The van der Waals surface area contributed by atoms with Crippen LogP contribution >= 0.6 is 0 Å². The van der Waals surface area contributed by atoms with Crippen LogP contribution < -0.4 is 11.3 Å². The molecule has 0 bridgehead atoms. The van der Waals surface area contributed by atoms with Crippen molar-refractivity contribution in [2.45, 2.75) is 51.1 Å². The largest absolute Gasteiger partial charge is 0.336 e.